The van der Waals surface area contributed by atoms with Crippen LogP contribution in [0.2, 0.25) is 5.02 Å². The highest BCUT2D eigenvalue weighted by Gasteiger charge is 2.43. The molecule has 46 heavy (non-hydrogen) atoms. The number of rotatable bonds is 7. The number of pyridine rings is 1. The van der Waals surface area contributed by atoms with Gasteiger partial charge in [0.15, 0.2) is 17.3 Å². The summed E-state index contributed by atoms with van der Waals surface area (Å²) in [6, 6.07) is 12.4. The van der Waals surface area contributed by atoms with Crippen molar-refractivity contribution < 1.29 is 27.0 Å². The Balaban J connectivity index is 1.06. The molecular weight excluding hydrogens is 624 g/mol. The minimum atomic E-state index is -4.61. The summed E-state index contributed by atoms with van der Waals surface area (Å²) >= 11 is 5.97. The van der Waals surface area contributed by atoms with Gasteiger partial charge in [-0.15, -0.1) is 10.2 Å². The Labute approximate surface area is 268 Å². The highest BCUT2D eigenvalue weighted by Crippen LogP contribution is 2.50. The lowest BCUT2D eigenvalue weighted by Crippen LogP contribution is -2.34. The predicted octanol–water partition coefficient (Wildman–Crippen LogP) is 8.06. The van der Waals surface area contributed by atoms with Crippen molar-refractivity contribution in [2.24, 2.45) is 0 Å². The van der Waals surface area contributed by atoms with E-state index in [0.717, 1.165) is 68.6 Å². The van der Waals surface area contributed by atoms with Crippen molar-refractivity contribution in [3.8, 4) is 22.9 Å². The minimum absolute atomic E-state index is 0.0261. The summed E-state index contributed by atoms with van der Waals surface area (Å²) in [6.45, 7) is 3.91. The first-order valence-corrected chi connectivity index (χ1v) is 15.9. The Bertz CT molecular complexity index is 1740. The van der Waals surface area contributed by atoms with E-state index in [0.29, 0.717) is 28.6 Å². The van der Waals surface area contributed by atoms with Crippen LogP contribution < -0.4 is 14.8 Å². The maximum atomic E-state index is 14.8. The summed E-state index contributed by atoms with van der Waals surface area (Å²) < 4.78 is 66.7. The lowest BCUT2D eigenvalue weighted by molar-refractivity contribution is -0.144. The summed E-state index contributed by atoms with van der Waals surface area (Å²) in [5.41, 5.74) is 3.39. The molecule has 1 saturated heterocycles. The number of ether oxygens (including phenoxy) is 2. The summed E-state index contributed by atoms with van der Waals surface area (Å²) in [4.78, 5) is 9.31. The standard InChI is InChI=1S/C33H33ClF4N6O2/c1-32(24-10-9-21(34)16-25(24)35)45-28-8-4-7-23(29(28)46-32)19-11-13-44(14-12-19)18-27-26(40-22-5-2-3-6-22)15-20(17-39-27)30-41-31(43-42-30)33(36,37)38/h4,7-10,15-17,19,22,40H,2-3,5-6,11-14,18H2,1H3,(H,41,42,43)/t32-/m0/s1. The van der Waals surface area contributed by atoms with Crippen molar-refractivity contribution in [3.05, 3.63) is 82.1 Å². The van der Waals surface area contributed by atoms with Crippen LogP contribution in [0.4, 0.5) is 23.2 Å². The van der Waals surface area contributed by atoms with Gasteiger partial charge in [0, 0.05) is 41.9 Å². The van der Waals surface area contributed by atoms with Gasteiger partial charge in [0.25, 0.3) is 5.79 Å². The lowest BCUT2D eigenvalue weighted by atomic mass is 9.88. The fourth-order valence-corrected chi connectivity index (χ4v) is 6.89. The molecule has 2 aromatic heterocycles. The van der Waals surface area contributed by atoms with E-state index in [2.05, 4.69) is 25.4 Å². The van der Waals surface area contributed by atoms with Gasteiger partial charge >= 0.3 is 6.18 Å². The third-order valence-corrected chi connectivity index (χ3v) is 9.38. The predicted molar refractivity (Wildman–Crippen MR) is 164 cm³/mol. The van der Waals surface area contributed by atoms with Crippen LogP contribution in [0.15, 0.2) is 48.7 Å². The molecule has 0 amide bonds. The number of alkyl halides is 3. The van der Waals surface area contributed by atoms with Crippen molar-refractivity contribution in [2.75, 3.05) is 18.4 Å². The van der Waals surface area contributed by atoms with Gasteiger partial charge in [-0.1, -0.05) is 36.6 Å². The molecule has 2 N–H and O–H groups in total. The molecule has 4 heterocycles. The Kier molecular flexibility index (Phi) is 8.04. The van der Waals surface area contributed by atoms with E-state index in [-0.39, 0.29) is 23.3 Å². The number of hydrogen-bond donors (Lipinski definition) is 2. The largest absolute Gasteiger partial charge is 0.451 e. The second kappa shape index (κ2) is 12.0. The molecular formula is C33H33ClF4N6O2. The second-order valence-corrected chi connectivity index (χ2v) is 12.8. The number of anilines is 1. The number of benzene rings is 2. The maximum absolute atomic E-state index is 14.8. The summed E-state index contributed by atoms with van der Waals surface area (Å²) in [6.07, 6.45) is 3.02. The van der Waals surface area contributed by atoms with Crippen LogP contribution in [0.25, 0.3) is 11.4 Å². The van der Waals surface area contributed by atoms with E-state index >= 15 is 0 Å². The number of nitrogens with zero attached hydrogens (tertiary/aromatic N) is 4. The number of likely N-dealkylation sites (tertiary alicyclic amines) is 1. The molecule has 242 valence electrons. The Morgan fingerprint density at radius 2 is 1.83 bits per heavy atom. The molecule has 0 unspecified atom stereocenters. The number of hydrogen-bond acceptors (Lipinski definition) is 7. The van der Waals surface area contributed by atoms with E-state index in [1.807, 2.05) is 24.3 Å². The van der Waals surface area contributed by atoms with Gasteiger partial charge in [0.1, 0.15) is 5.82 Å². The van der Waals surface area contributed by atoms with Crippen LogP contribution in [-0.4, -0.2) is 44.2 Å². The number of fused-ring (bicyclic) bond motifs is 1. The minimum Gasteiger partial charge on any atom is -0.444 e. The van der Waals surface area contributed by atoms with Crippen molar-refractivity contribution in [3.63, 3.8) is 0 Å². The zero-order valence-electron chi connectivity index (χ0n) is 25.1. The Morgan fingerprint density at radius 1 is 1.04 bits per heavy atom. The fraction of sp³-hybridized carbons (Fsp3) is 0.424. The monoisotopic (exact) mass is 656 g/mol. The van der Waals surface area contributed by atoms with Crippen LogP contribution >= 0.6 is 11.6 Å². The highest BCUT2D eigenvalue weighted by atomic mass is 35.5. The molecule has 13 heteroatoms. The molecule has 0 bridgehead atoms. The zero-order valence-corrected chi connectivity index (χ0v) is 25.9. The molecule has 7 rings (SSSR count). The van der Waals surface area contributed by atoms with Crippen LogP contribution in [0, 0.1) is 5.82 Å². The number of halogens is 5. The fourth-order valence-electron chi connectivity index (χ4n) is 6.73. The molecule has 2 fully saturated rings. The average molecular weight is 657 g/mol. The third kappa shape index (κ3) is 6.12. The maximum Gasteiger partial charge on any atom is 0.451 e. The molecule has 2 aliphatic heterocycles. The van der Waals surface area contributed by atoms with Gasteiger partial charge in [-0.3, -0.25) is 9.88 Å². The van der Waals surface area contributed by atoms with Crippen LogP contribution in [0.5, 0.6) is 11.5 Å². The summed E-state index contributed by atoms with van der Waals surface area (Å²) in [5.74, 6) is -1.48. The van der Waals surface area contributed by atoms with Gasteiger partial charge in [0.2, 0.25) is 5.82 Å². The SMILES string of the molecule is C[C@]1(c2ccc(Cl)cc2F)Oc2cccc(C3CCN(Cc4ncc(-c5nnc(C(F)(F)F)[nH]5)cc4NC4CCCC4)CC3)c2O1. The number of piperidine rings is 1. The lowest BCUT2D eigenvalue weighted by Gasteiger charge is -2.33. The zero-order chi connectivity index (χ0) is 32.1. The summed E-state index contributed by atoms with van der Waals surface area (Å²) in [5, 5.41) is 10.9. The smallest absolute Gasteiger partial charge is 0.444 e. The van der Waals surface area contributed by atoms with Crippen molar-refractivity contribution in [1.29, 1.82) is 0 Å². The van der Waals surface area contributed by atoms with Crippen molar-refractivity contribution >= 4 is 17.3 Å². The van der Waals surface area contributed by atoms with Gasteiger partial charge in [-0.25, -0.2) is 4.39 Å². The van der Waals surface area contributed by atoms with E-state index in [1.54, 1.807) is 25.3 Å². The molecule has 0 radical (unpaired) electrons. The topological polar surface area (TPSA) is 88.2 Å². The molecule has 1 aliphatic carbocycles. The number of aromatic amines is 1. The highest BCUT2D eigenvalue weighted by molar-refractivity contribution is 6.30. The average Bonchev–Trinajstić information content (AvgIpc) is 3.78. The quantitative estimate of drug-likeness (QED) is 0.195. The van der Waals surface area contributed by atoms with E-state index < -0.39 is 23.6 Å². The Morgan fingerprint density at radius 3 is 2.54 bits per heavy atom. The number of para-hydroxylation sites is 1. The van der Waals surface area contributed by atoms with Crippen LogP contribution in [0.3, 0.4) is 0 Å². The first kappa shape index (κ1) is 30.7. The van der Waals surface area contributed by atoms with Gasteiger partial charge in [0.05, 0.1) is 16.9 Å². The molecule has 8 nitrogen and oxygen atoms in total. The first-order valence-electron chi connectivity index (χ1n) is 15.5. The molecule has 0 spiro atoms. The number of nitrogens with one attached hydrogen (secondary N) is 2. The normalized spacial score (nSPS) is 20.8. The van der Waals surface area contributed by atoms with Crippen LogP contribution in [0.1, 0.15) is 74.0 Å². The van der Waals surface area contributed by atoms with E-state index in [4.69, 9.17) is 26.1 Å². The van der Waals surface area contributed by atoms with Crippen molar-refractivity contribution in [2.45, 2.75) is 75.9 Å². The first-order chi connectivity index (χ1) is 22.1. The third-order valence-electron chi connectivity index (χ3n) is 9.15. The summed E-state index contributed by atoms with van der Waals surface area (Å²) in [7, 11) is 0. The molecule has 1 saturated carbocycles. The number of H-pyrrole nitrogens is 1. The molecule has 3 aliphatic rings. The van der Waals surface area contributed by atoms with Crippen LogP contribution in [-0.2, 0) is 18.5 Å². The van der Waals surface area contributed by atoms with Gasteiger partial charge in [-0.2, -0.15) is 13.2 Å². The van der Waals surface area contributed by atoms with Gasteiger partial charge < -0.3 is 19.8 Å². The van der Waals surface area contributed by atoms with E-state index in [1.165, 1.54) is 6.07 Å². The second-order valence-electron chi connectivity index (χ2n) is 12.4. The number of aromatic nitrogens is 4. The van der Waals surface area contributed by atoms with Gasteiger partial charge in [-0.05, 0) is 75.0 Å². The molecule has 1 atom stereocenters. The van der Waals surface area contributed by atoms with E-state index in [9.17, 15) is 17.6 Å². The molecule has 2 aromatic carbocycles. The Hall–Kier alpha value is -3.90. The van der Waals surface area contributed by atoms with Crippen molar-refractivity contribution in [1.82, 2.24) is 25.1 Å². The molecule has 4 aromatic rings.